The highest BCUT2D eigenvalue weighted by atomic mass is 16.3. The first-order chi connectivity index (χ1) is 29.7. The van der Waals surface area contributed by atoms with Gasteiger partial charge in [-0.05, 0) is 134 Å². The van der Waals surface area contributed by atoms with Crippen LogP contribution in [-0.4, -0.2) is 11.3 Å². The minimum atomic E-state index is -0.185. The summed E-state index contributed by atoms with van der Waals surface area (Å²) in [5.74, 6) is 0. The predicted molar refractivity (Wildman–Crippen MR) is 263 cm³/mol. The summed E-state index contributed by atoms with van der Waals surface area (Å²) < 4.78 is 10.3. The van der Waals surface area contributed by atoms with Crippen LogP contribution in [-0.2, 0) is 21.7 Å². The molecule has 4 heterocycles. The van der Waals surface area contributed by atoms with Gasteiger partial charge in [-0.15, -0.1) is 0 Å². The number of rotatable bonds is 2. The number of aromatic nitrogens is 1. The molecule has 0 spiro atoms. The van der Waals surface area contributed by atoms with Crippen LogP contribution in [0.1, 0.15) is 103 Å². The Labute approximate surface area is 365 Å². The van der Waals surface area contributed by atoms with Gasteiger partial charge in [0.15, 0.2) is 0 Å². The average Bonchev–Trinajstić information content (AvgIpc) is 3.82. The molecule has 13 rings (SSSR count). The van der Waals surface area contributed by atoms with Crippen molar-refractivity contribution in [1.82, 2.24) is 4.48 Å². The molecular formula is C58H53BN2O. The van der Waals surface area contributed by atoms with E-state index < -0.39 is 0 Å². The Hall–Kier alpha value is -6.00. The third-order valence-electron chi connectivity index (χ3n) is 16.3. The summed E-state index contributed by atoms with van der Waals surface area (Å²) in [6.07, 6.45) is 4.66. The SMILES string of the molecule is CC1(C)CCC(C)(C)c2cc(N3c4cc(-c5ccccc5)cc5c4B(c4oc6cc7c(cc6c43)C(C)(C)CCC7(C)C)n3c4c-5cccc4c4ccc5ccccc5c43)ccc21. The predicted octanol–water partition coefficient (Wildman–Crippen LogP) is 14.5. The van der Waals surface area contributed by atoms with Crippen LogP contribution in [0.4, 0.5) is 17.1 Å². The fourth-order valence-corrected chi connectivity index (χ4v) is 12.5. The molecule has 4 heteroatoms. The lowest BCUT2D eigenvalue weighted by Gasteiger charge is -2.43. The Morgan fingerprint density at radius 1 is 0.484 bits per heavy atom. The second-order valence-electron chi connectivity index (χ2n) is 21.8. The van der Waals surface area contributed by atoms with E-state index in [1.807, 2.05) is 0 Å². The van der Waals surface area contributed by atoms with Crippen LogP contribution in [0.15, 0.2) is 132 Å². The number of hydrogen-bond donors (Lipinski definition) is 0. The first-order valence-corrected chi connectivity index (χ1v) is 23.0. The molecule has 0 bridgehead atoms. The lowest BCUT2D eigenvalue weighted by atomic mass is 9.47. The van der Waals surface area contributed by atoms with Crippen molar-refractivity contribution in [3.05, 3.63) is 150 Å². The van der Waals surface area contributed by atoms with Crippen LogP contribution >= 0.6 is 0 Å². The fourth-order valence-electron chi connectivity index (χ4n) is 12.5. The molecule has 62 heavy (non-hydrogen) atoms. The van der Waals surface area contributed by atoms with Crippen molar-refractivity contribution in [3.63, 3.8) is 0 Å². The van der Waals surface area contributed by atoms with Gasteiger partial charge in [-0.3, -0.25) is 0 Å². The standard InChI is InChI=1S/C58H53BN2O/c1-55(2)25-26-56(3,4)45-31-37(22-24-44(45)55)60-48-30-36(34-15-10-9-11-16-34)29-42-40-20-14-19-39-41-23-21-35-17-12-13-18-38(35)51(41)61(52(39)40)59(50(42)48)54-53(60)43-32-46-47(33-49(43)62-54)58(7,8)28-27-57(46,5)6/h9-24,29-33H,25-28H2,1-8H3. The van der Waals surface area contributed by atoms with E-state index in [0.717, 1.165) is 30.5 Å². The highest BCUT2D eigenvalue weighted by Gasteiger charge is 2.48. The number of anilines is 3. The number of furan rings is 1. The molecule has 0 saturated heterocycles. The molecule has 9 aromatic rings. The van der Waals surface area contributed by atoms with Crippen LogP contribution < -0.4 is 16.0 Å². The van der Waals surface area contributed by atoms with Gasteiger partial charge in [-0.25, -0.2) is 0 Å². The van der Waals surface area contributed by atoms with Crippen molar-refractivity contribution in [2.75, 3.05) is 4.90 Å². The van der Waals surface area contributed by atoms with Crippen molar-refractivity contribution >= 4 is 78.6 Å². The number of fused-ring (bicyclic) bond motifs is 13. The zero-order chi connectivity index (χ0) is 42.2. The molecule has 0 unspecified atom stereocenters. The number of nitrogens with zero attached hydrogens (tertiary/aromatic N) is 2. The lowest BCUT2D eigenvalue weighted by Crippen LogP contribution is -2.56. The second-order valence-corrected chi connectivity index (χ2v) is 21.8. The highest BCUT2D eigenvalue weighted by Crippen LogP contribution is 2.54. The average molecular weight is 805 g/mol. The van der Waals surface area contributed by atoms with Gasteiger partial charge < -0.3 is 13.8 Å². The molecule has 3 nitrogen and oxygen atoms in total. The number of benzene rings is 7. The van der Waals surface area contributed by atoms with E-state index in [2.05, 4.69) is 192 Å². The molecule has 7 aromatic carbocycles. The first kappa shape index (κ1) is 36.6. The van der Waals surface area contributed by atoms with E-state index in [9.17, 15) is 0 Å². The van der Waals surface area contributed by atoms with E-state index in [4.69, 9.17) is 4.42 Å². The monoisotopic (exact) mass is 804 g/mol. The molecule has 2 aliphatic heterocycles. The second kappa shape index (κ2) is 11.9. The summed E-state index contributed by atoms with van der Waals surface area (Å²) in [6, 6.07) is 49.0. The van der Waals surface area contributed by atoms with Gasteiger partial charge in [0.25, 0.3) is 0 Å². The zero-order valence-electron chi connectivity index (χ0n) is 37.3. The number of para-hydroxylation sites is 1. The van der Waals surface area contributed by atoms with Crippen LogP contribution in [0, 0.1) is 0 Å². The summed E-state index contributed by atoms with van der Waals surface area (Å²) in [4.78, 5) is 2.63. The molecule has 0 radical (unpaired) electrons. The number of hydrogen-bond acceptors (Lipinski definition) is 2. The van der Waals surface area contributed by atoms with Crippen molar-refractivity contribution in [2.45, 2.75) is 103 Å². The van der Waals surface area contributed by atoms with E-state index in [0.29, 0.717) is 0 Å². The molecule has 0 saturated carbocycles. The Kier molecular flexibility index (Phi) is 7.04. The van der Waals surface area contributed by atoms with Crippen LogP contribution in [0.3, 0.4) is 0 Å². The summed E-state index contributed by atoms with van der Waals surface area (Å²) in [5.41, 5.74) is 20.6. The quantitative estimate of drug-likeness (QED) is 0.162. The van der Waals surface area contributed by atoms with Gasteiger partial charge in [0.05, 0.1) is 5.69 Å². The van der Waals surface area contributed by atoms with E-state index in [1.165, 1.54) is 111 Å². The third-order valence-corrected chi connectivity index (χ3v) is 16.3. The van der Waals surface area contributed by atoms with Crippen LogP contribution in [0.2, 0.25) is 0 Å². The molecule has 4 aliphatic rings. The first-order valence-electron chi connectivity index (χ1n) is 23.0. The summed E-state index contributed by atoms with van der Waals surface area (Å²) in [6.45, 7) is 19.3. The normalized spacial score (nSPS) is 18.5. The lowest BCUT2D eigenvalue weighted by molar-refractivity contribution is 0.332. The molecule has 0 atom stereocenters. The topological polar surface area (TPSA) is 21.3 Å². The molecular weight excluding hydrogens is 751 g/mol. The Balaban J connectivity index is 1.22. The smallest absolute Gasteiger partial charge is 0.376 e. The zero-order valence-corrected chi connectivity index (χ0v) is 37.3. The molecule has 304 valence electrons. The third kappa shape index (κ3) is 4.74. The van der Waals surface area contributed by atoms with Crippen molar-refractivity contribution in [3.8, 4) is 22.3 Å². The van der Waals surface area contributed by atoms with Gasteiger partial charge in [-0.1, -0.05) is 146 Å². The minimum Gasteiger partial charge on any atom is -0.466 e. The Morgan fingerprint density at radius 3 is 1.89 bits per heavy atom. The molecule has 0 fully saturated rings. The van der Waals surface area contributed by atoms with Gasteiger partial charge in [0, 0.05) is 49.5 Å². The van der Waals surface area contributed by atoms with Crippen molar-refractivity contribution in [1.29, 1.82) is 0 Å². The van der Waals surface area contributed by atoms with E-state index in [1.54, 1.807) is 0 Å². The van der Waals surface area contributed by atoms with Crippen LogP contribution in [0.25, 0.3) is 65.8 Å². The summed E-state index contributed by atoms with van der Waals surface area (Å²) in [5, 5.41) is 6.31. The Morgan fingerprint density at radius 2 is 1.13 bits per heavy atom. The maximum Gasteiger partial charge on any atom is 0.376 e. The Bertz CT molecular complexity index is 3430. The molecule has 0 N–H and O–H groups in total. The van der Waals surface area contributed by atoms with Gasteiger partial charge in [0.2, 0.25) is 0 Å². The molecule has 0 amide bonds. The van der Waals surface area contributed by atoms with Gasteiger partial charge >= 0.3 is 6.85 Å². The van der Waals surface area contributed by atoms with E-state index in [-0.39, 0.29) is 28.5 Å². The molecule has 2 aliphatic carbocycles. The largest absolute Gasteiger partial charge is 0.466 e. The fraction of sp³-hybridized carbons (Fsp3) is 0.276. The summed E-state index contributed by atoms with van der Waals surface area (Å²) >= 11 is 0. The van der Waals surface area contributed by atoms with Gasteiger partial charge in [0.1, 0.15) is 11.2 Å². The maximum absolute atomic E-state index is 7.63. The van der Waals surface area contributed by atoms with Crippen molar-refractivity contribution in [2.24, 2.45) is 0 Å². The van der Waals surface area contributed by atoms with Gasteiger partial charge in [-0.2, -0.15) is 0 Å². The van der Waals surface area contributed by atoms with E-state index >= 15 is 0 Å². The van der Waals surface area contributed by atoms with Crippen LogP contribution in [0.5, 0.6) is 0 Å². The summed E-state index contributed by atoms with van der Waals surface area (Å²) in [7, 11) is 0. The maximum atomic E-state index is 7.63. The highest BCUT2D eigenvalue weighted by molar-refractivity contribution is 6.89. The molecule has 2 aromatic heterocycles. The minimum absolute atomic E-state index is 0.0428. The van der Waals surface area contributed by atoms with Crippen molar-refractivity contribution < 1.29 is 4.42 Å².